The largest absolute Gasteiger partial charge is 0.384 e. The van der Waals surface area contributed by atoms with Gasteiger partial charge >= 0.3 is 0 Å². The second kappa shape index (κ2) is 9.71. The molecule has 2 bridgehead atoms. The van der Waals surface area contributed by atoms with Crippen LogP contribution in [0.5, 0.6) is 0 Å². The van der Waals surface area contributed by atoms with E-state index in [9.17, 15) is 9.59 Å². The molecule has 1 aromatic rings. The van der Waals surface area contributed by atoms with Gasteiger partial charge in [0.1, 0.15) is 5.84 Å². The molecule has 2 fully saturated rings. The number of nitrogens with one attached hydrogen (secondary N) is 3. The maximum absolute atomic E-state index is 12.1. The third-order valence-electron chi connectivity index (χ3n) is 6.24. The fourth-order valence-electron chi connectivity index (χ4n) is 4.67. The van der Waals surface area contributed by atoms with Crippen molar-refractivity contribution < 1.29 is 9.59 Å². The van der Waals surface area contributed by atoms with Crippen LogP contribution < -0.4 is 16.4 Å². The van der Waals surface area contributed by atoms with Gasteiger partial charge in [0.05, 0.1) is 0 Å². The fraction of sp³-hybridized carbons (Fsp3) is 0.591. The lowest BCUT2D eigenvalue weighted by molar-refractivity contribution is -0.122. The Morgan fingerprint density at radius 2 is 1.82 bits per heavy atom. The van der Waals surface area contributed by atoms with E-state index >= 15 is 0 Å². The van der Waals surface area contributed by atoms with Crippen LogP contribution in [0.2, 0.25) is 0 Å². The summed E-state index contributed by atoms with van der Waals surface area (Å²) in [5.41, 5.74) is 7.08. The summed E-state index contributed by atoms with van der Waals surface area (Å²) in [6.07, 6.45) is 8.02. The highest BCUT2D eigenvalue weighted by atomic mass is 16.2. The van der Waals surface area contributed by atoms with Crippen molar-refractivity contribution in [3.63, 3.8) is 0 Å². The first-order valence-corrected chi connectivity index (χ1v) is 10.5. The summed E-state index contributed by atoms with van der Waals surface area (Å²) in [5.74, 6) is 2.51. The zero-order valence-electron chi connectivity index (χ0n) is 16.5. The lowest BCUT2D eigenvalue weighted by Gasteiger charge is -2.20. The number of nitrogens with two attached hydrogens (primary N) is 1. The average Bonchev–Trinajstić information content (AvgIpc) is 3.29. The van der Waals surface area contributed by atoms with Gasteiger partial charge in [0, 0.05) is 31.5 Å². The summed E-state index contributed by atoms with van der Waals surface area (Å²) < 4.78 is 0. The third kappa shape index (κ3) is 5.81. The fourth-order valence-corrected chi connectivity index (χ4v) is 4.67. The molecule has 0 aromatic heterocycles. The van der Waals surface area contributed by atoms with Gasteiger partial charge in [0.15, 0.2) is 0 Å². The molecule has 1 aromatic carbocycles. The number of carbonyl (C=O) groups excluding carboxylic acids is 2. The third-order valence-corrected chi connectivity index (χ3v) is 6.24. The first kappa shape index (κ1) is 20.4. The van der Waals surface area contributed by atoms with Crippen LogP contribution in [0.1, 0.15) is 62.5 Å². The highest BCUT2D eigenvalue weighted by Gasteiger charge is 2.39. The van der Waals surface area contributed by atoms with Gasteiger partial charge in [-0.05, 0) is 55.4 Å². The Bertz CT molecular complexity index is 701. The van der Waals surface area contributed by atoms with Crippen LogP contribution in [0.25, 0.3) is 0 Å². The van der Waals surface area contributed by atoms with Crippen molar-refractivity contribution in [1.82, 2.24) is 10.6 Å². The molecule has 6 nitrogen and oxygen atoms in total. The minimum atomic E-state index is 0.0175. The van der Waals surface area contributed by atoms with Gasteiger partial charge in [-0.2, -0.15) is 0 Å². The molecule has 0 spiro atoms. The molecule has 0 radical (unpaired) electrons. The smallest absolute Gasteiger partial charge is 0.220 e. The number of fused-ring (bicyclic) bond motifs is 2. The van der Waals surface area contributed by atoms with Crippen LogP contribution in [-0.4, -0.2) is 24.2 Å². The van der Waals surface area contributed by atoms with E-state index < -0.39 is 0 Å². The topological polar surface area (TPSA) is 108 Å². The van der Waals surface area contributed by atoms with Crippen molar-refractivity contribution in [2.45, 2.75) is 57.9 Å². The molecule has 2 amide bonds. The van der Waals surface area contributed by atoms with Crippen molar-refractivity contribution in [3.05, 3.63) is 35.4 Å². The van der Waals surface area contributed by atoms with E-state index in [2.05, 4.69) is 10.6 Å². The summed E-state index contributed by atoms with van der Waals surface area (Å²) in [5, 5.41) is 13.3. The molecular formula is C22H32N4O2. The number of hydrogen-bond donors (Lipinski definition) is 4. The molecule has 1 unspecified atom stereocenters. The zero-order valence-corrected chi connectivity index (χ0v) is 16.5. The zero-order chi connectivity index (χ0) is 19.9. The van der Waals surface area contributed by atoms with Crippen molar-refractivity contribution in [3.8, 4) is 0 Å². The van der Waals surface area contributed by atoms with Crippen LogP contribution in [0, 0.1) is 23.2 Å². The molecule has 3 atom stereocenters. The van der Waals surface area contributed by atoms with Gasteiger partial charge in [-0.1, -0.05) is 30.7 Å². The Morgan fingerprint density at radius 3 is 2.46 bits per heavy atom. The number of amides is 2. The predicted molar refractivity (Wildman–Crippen MR) is 110 cm³/mol. The number of rotatable bonds is 10. The Labute approximate surface area is 167 Å². The van der Waals surface area contributed by atoms with Gasteiger partial charge in [-0.3, -0.25) is 15.0 Å². The lowest BCUT2D eigenvalue weighted by Crippen LogP contribution is -2.28. The summed E-state index contributed by atoms with van der Waals surface area (Å²) in [4.78, 5) is 24.0. The van der Waals surface area contributed by atoms with Gasteiger partial charge in [0.25, 0.3) is 0 Å². The minimum Gasteiger partial charge on any atom is -0.384 e. The van der Waals surface area contributed by atoms with E-state index in [0.717, 1.165) is 30.2 Å². The predicted octanol–water partition coefficient (Wildman–Crippen LogP) is 2.70. The molecule has 3 rings (SSSR count). The number of amidine groups is 1. The summed E-state index contributed by atoms with van der Waals surface area (Å²) >= 11 is 0. The van der Waals surface area contributed by atoms with Crippen molar-refractivity contribution in [1.29, 1.82) is 5.41 Å². The highest BCUT2D eigenvalue weighted by Crippen LogP contribution is 2.49. The first-order chi connectivity index (χ1) is 13.5. The Balaban J connectivity index is 1.22. The number of unbranched alkanes of at least 4 members (excludes halogenated alkanes) is 1. The van der Waals surface area contributed by atoms with Gasteiger partial charge in [-0.15, -0.1) is 0 Å². The molecule has 2 aliphatic carbocycles. The Hall–Kier alpha value is -2.37. The maximum atomic E-state index is 12.1. The SMILES string of the molecule is N=C(N)c1ccc(CNC(=O)CCCCNC(=O)CC2C[C@@H]3CC[C@H]2C3)cc1. The van der Waals surface area contributed by atoms with Crippen molar-refractivity contribution in [2.75, 3.05) is 6.54 Å². The quantitative estimate of drug-likeness (QED) is 0.283. The molecule has 0 aliphatic heterocycles. The molecule has 0 saturated heterocycles. The Morgan fingerprint density at radius 1 is 1.04 bits per heavy atom. The van der Waals surface area contributed by atoms with Crippen molar-refractivity contribution >= 4 is 17.6 Å². The van der Waals surface area contributed by atoms with Crippen molar-refractivity contribution in [2.24, 2.45) is 23.5 Å². The minimum absolute atomic E-state index is 0.0175. The lowest BCUT2D eigenvalue weighted by atomic mass is 9.86. The van der Waals surface area contributed by atoms with E-state index in [4.69, 9.17) is 11.1 Å². The summed E-state index contributed by atoms with van der Waals surface area (Å²) in [6, 6.07) is 7.29. The van der Waals surface area contributed by atoms with Crippen LogP contribution in [0.15, 0.2) is 24.3 Å². The molecule has 5 N–H and O–H groups in total. The molecule has 0 heterocycles. The normalized spacial score (nSPS) is 22.8. The van der Waals surface area contributed by atoms with E-state index in [0.29, 0.717) is 37.4 Å². The van der Waals surface area contributed by atoms with Gasteiger partial charge in [-0.25, -0.2) is 0 Å². The molecule has 2 aliphatic rings. The standard InChI is InChI=1S/C22H32N4O2/c23-22(24)17-7-4-15(5-8-17)14-26-20(27)3-1-2-10-25-21(28)13-19-12-16-6-9-18(19)11-16/h4-5,7-8,16,18-19H,1-3,6,9-14H2,(H3,23,24)(H,25,28)(H,26,27)/t16-,18+,19?/m1/s1. The molecular weight excluding hydrogens is 352 g/mol. The molecule has 28 heavy (non-hydrogen) atoms. The number of carbonyl (C=O) groups is 2. The van der Waals surface area contributed by atoms with E-state index in [1.807, 2.05) is 12.1 Å². The summed E-state index contributed by atoms with van der Waals surface area (Å²) in [7, 11) is 0. The van der Waals surface area contributed by atoms with Crippen LogP contribution in [-0.2, 0) is 16.1 Å². The van der Waals surface area contributed by atoms with Crippen LogP contribution in [0.4, 0.5) is 0 Å². The highest BCUT2D eigenvalue weighted by molar-refractivity contribution is 5.94. The Kier molecular flexibility index (Phi) is 7.06. The van der Waals surface area contributed by atoms with E-state index in [1.165, 1.54) is 25.7 Å². The monoisotopic (exact) mass is 384 g/mol. The second-order valence-electron chi connectivity index (χ2n) is 8.33. The van der Waals surface area contributed by atoms with Crippen LogP contribution in [0.3, 0.4) is 0 Å². The van der Waals surface area contributed by atoms with E-state index in [-0.39, 0.29) is 17.6 Å². The van der Waals surface area contributed by atoms with Gasteiger partial charge < -0.3 is 16.4 Å². The molecule has 152 valence electrons. The first-order valence-electron chi connectivity index (χ1n) is 10.5. The average molecular weight is 385 g/mol. The summed E-state index contributed by atoms with van der Waals surface area (Å²) in [6.45, 7) is 1.12. The van der Waals surface area contributed by atoms with Crippen LogP contribution >= 0.6 is 0 Å². The molecule has 2 saturated carbocycles. The number of hydrogen-bond acceptors (Lipinski definition) is 3. The van der Waals surface area contributed by atoms with E-state index in [1.54, 1.807) is 12.1 Å². The number of nitrogen functional groups attached to an aromatic ring is 1. The second-order valence-corrected chi connectivity index (χ2v) is 8.33. The van der Waals surface area contributed by atoms with Gasteiger partial charge in [0.2, 0.25) is 11.8 Å². The number of benzene rings is 1. The maximum Gasteiger partial charge on any atom is 0.220 e. The molecule has 6 heteroatoms.